The van der Waals surface area contributed by atoms with Crippen molar-refractivity contribution in [2.24, 2.45) is 5.73 Å². The van der Waals surface area contributed by atoms with E-state index in [1.165, 1.54) is 32.2 Å². The molecule has 0 saturated carbocycles. The summed E-state index contributed by atoms with van der Waals surface area (Å²) in [6.07, 6.45) is 4.86. The van der Waals surface area contributed by atoms with E-state index in [4.69, 9.17) is 10.5 Å². The molecular weight excluding hydrogens is 176 g/mol. The number of rotatable bonds is 2. The van der Waals surface area contributed by atoms with Gasteiger partial charge in [-0.15, -0.1) is 0 Å². The second-order valence-corrected chi connectivity index (χ2v) is 5.04. The van der Waals surface area contributed by atoms with E-state index in [9.17, 15) is 0 Å². The van der Waals surface area contributed by atoms with Gasteiger partial charge in [-0.05, 0) is 39.2 Å². The van der Waals surface area contributed by atoms with Crippen LogP contribution in [-0.4, -0.2) is 42.8 Å². The summed E-state index contributed by atoms with van der Waals surface area (Å²) >= 11 is 0. The van der Waals surface area contributed by atoms with Gasteiger partial charge in [0.05, 0.1) is 5.60 Å². The maximum absolute atomic E-state index is 5.96. The Morgan fingerprint density at radius 1 is 1.50 bits per heavy atom. The van der Waals surface area contributed by atoms with Gasteiger partial charge in [0, 0.05) is 25.7 Å². The molecule has 0 aromatic carbocycles. The normalized spacial score (nSPS) is 40.3. The minimum atomic E-state index is 0.108. The molecule has 82 valence electrons. The molecule has 2 fully saturated rings. The van der Waals surface area contributed by atoms with Gasteiger partial charge in [0.2, 0.25) is 0 Å². The Bertz CT molecular complexity index is 190. The van der Waals surface area contributed by atoms with E-state index in [-0.39, 0.29) is 5.60 Å². The molecule has 2 aliphatic rings. The Hall–Kier alpha value is -0.120. The Kier molecular flexibility index (Phi) is 3.10. The monoisotopic (exact) mass is 198 g/mol. The number of nitrogens with zero attached hydrogens (tertiary/aromatic N) is 1. The highest BCUT2D eigenvalue weighted by molar-refractivity contribution is 4.86. The Morgan fingerprint density at radius 2 is 2.36 bits per heavy atom. The van der Waals surface area contributed by atoms with Gasteiger partial charge >= 0.3 is 0 Å². The minimum Gasteiger partial charge on any atom is -0.374 e. The third-order valence-electron chi connectivity index (χ3n) is 3.40. The third-order valence-corrected chi connectivity index (χ3v) is 3.40. The molecule has 14 heavy (non-hydrogen) atoms. The van der Waals surface area contributed by atoms with Crippen molar-refractivity contribution < 1.29 is 4.74 Å². The molecule has 2 atom stereocenters. The van der Waals surface area contributed by atoms with Crippen LogP contribution in [0.1, 0.15) is 32.6 Å². The molecule has 0 aromatic heterocycles. The van der Waals surface area contributed by atoms with Crippen molar-refractivity contribution in [2.75, 3.05) is 26.2 Å². The SMILES string of the molecule is CC1(CN2CCCC(N)C2)CCCO1. The zero-order valence-electron chi connectivity index (χ0n) is 9.17. The highest BCUT2D eigenvalue weighted by atomic mass is 16.5. The van der Waals surface area contributed by atoms with Crippen LogP contribution in [0.2, 0.25) is 0 Å². The predicted molar refractivity (Wildman–Crippen MR) is 57.2 cm³/mol. The van der Waals surface area contributed by atoms with Crippen LogP contribution < -0.4 is 5.73 Å². The third kappa shape index (κ3) is 2.47. The lowest BCUT2D eigenvalue weighted by atomic mass is 9.99. The first kappa shape index (κ1) is 10.4. The van der Waals surface area contributed by atoms with Crippen LogP contribution in [0.15, 0.2) is 0 Å². The summed E-state index contributed by atoms with van der Waals surface area (Å²) in [6.45, 7) is 6.50. The summed E-state index contributed by atoms with van der Waals surface area (Å²) in [5, 5.41) is 0. The summed E-state index contributed by atoms with van der Waals surface area (Å²) in [7, 11) is 0. The largest absolute Gasteiger partial charge is 0.374 e. The van der Waals surface area contributed by atoms with Crippen molar-refractivity contribution in [3.05, 3.63) is 0 Å². The summed E-state index contributed by atoms with van der Waals surface area (Å²) in [5.41, 5.74) is 6.07. The number of hydrogen-bond donors (Lipinski definition) is 1. The number of hydrogen-bond acceptors (Lipinski definition) is 3. The van der Waals surface area contributed by atoms with Gasteiger partial charge in [0.15, 0.2) is 0 Å². The highest BCUT2D eigenvalue weighted by Crippen LogP contribution is 2.26. The lowest BCUT2D eigenvalue weighted by Crippen LogP contribution is -2.48. The molecule has 2 aliphatic heterocycles. The van der Waals surface area contributed by atoms with Crippen molar-refractivity contribution >= 4 is 0 Å². The first-order valence-corrected chi connectivity index (χ1v) is 5.80. The summed E-state index contributed by atoms with van der Waals surface area (Å²) in [4.78, 5) is 2.47. The van der Waals surface area contributed by atoms with Gasteiger partial charge in [0.25, 0.3) is 0 Å². The molecule has 2 N–H and O–H groups in total. The van der Waals surface area contributed by atoms with Crippen LogP contribution in [-0.2, 0) is 4.74 Å². The molecule has 2 saturated heterocycles. The minimum absolute atomic E-state index is 0.108. The molecule has 0 radical (unpaired) electrons. The Balaban J connectivity index is 1.83. The molecule has 0 aliphatic carbocycles. The van der Waals surface area contributed by atoms with Gasteiger partial charge in [-0.2, -0.15) is 0 Å². The topological polar surface area (TPSA) is 38.5 Å². The first-order chi connectivity index (χ1) is 6.68. The van der Waals surface area contributed by atoms with Gasteiger partial charge < -0.3 is 10.5 Å². The fourth-order valence-corrected chi connectivity index (χ4v) is 2.67. The molecule has 2 heterocycles. The Morgan fingerprint density at radius 3 is 3.00 bits per heavy atom. The average molecular weight is 198 g/mol. The highest BCUT2D eigenvalue weighted by Gasteiger charge is 2.32. The van der Waals surface area contributed by atoms with Crippen molar-refractivity contribution in [2.45, 2.75) is 44.2 Å². The molecular formula is C11H22N2O. The smallest absolute Gasteiger partial charge is 0.0781 e. The number of nitrogens with two attached hydrogens (primary N) is 1. The van der Waals surface area contributed by atoms with Crippen molar-refractivity contribution in [1.29, 1.82) is 0 Å². The lowest BCUT2D eigenvalue weighted by molar-refractivity contribution is -0.0140. The molecule has 0 spiro atoms. The number of ether oxygens (including phenoxy) is 1. The summed E-state index contributed by atoms with van der Waals surface area (Å²) in [5.74, 6) is 0. The van der Waals surface area contributed by atoms with E-state index in [1.54, 1.807) is 0 Å². The maximum atomic E-state index is 5.96. The standard InChI is InChI=1S/C11H22N2O/c1-11(5-3-7-14-11)9-13-6-2-4-10(12)8-13/h10H,2-9,12H2,1H3. The fourth-order valence-electron chi connectivity index (χ4n) is 2.67. The van der Waals surface area contributed by atoms with Gasteiger partial charge in [-0.25, -0.2) is 0 Å². The molecule has 0 amide bonds. The van der Waals surface area contributed by atoms with E-state index >= 15 is 0 Å². The first-order valence-electron chi connectivity index (χ1n) is 5.80. The summed E-state index contributed by atoms with van der Waals surface area (Å²) < 4.78 is 5.80. The molecule has 3 heteroatoms. The van der Waals surface area contributed by atoms with Crippen LogP contribution in [0.25, 0.3) is 0 Å². The van der Waals surface area contributed by atoms with E-state index < -0.39 is 0 Å². The fraction of sp³-hybridized carbons (Fsp3) is 1.00. The molecule has 0 bridgehead atoms. The number of piperidine rings is 1. The second-order valence-electron chi connectivity index (χ2n) is 5.04. The van der Waals surface area contributed by atoms with Crippen molar-refractivity contribution in [3.63, 3.8) is 0 Å². The van der Waals surface area contributed by atoms with Crippen LogP contribution in [0.4, 0.5) is 0 Å². The van der Waals surface area contributed by atoms with E-state index in [0.717, 1.165) is 19.7 Å². The van der Waals surface area contributed by atoms with Gasteiger partial charge in [-0.3, -0.25) is 4.90 Å². The van der Waals surface area contributed by atoms with Crippen molar-refractivity contribution in [1.82, 2.24) is 4.90 Å². The van der Waals surface area contributed by atoms with Crippen LogP contribution >= 0.6 is 0 Å². The average Bonchev–Trinajstić information content (AvgIpc) is 2.51. The van der Waals surface area contributed by atoms with Gasteiger partial charge in [-0.1, -0.05) is 0 Å². The van der Waals surface area contributed by atoms with Crippen LogP contribution in [0.5, 0.6) is 0 Å². The Labute approximate surface area is 86.6 Å². The van der Waals surface area contributed by atoms with E-state index in [1.807, 2.05) is 0 Å². The maximum Gasteiger partial charge on any atom is 0.0781 e. The van der Waals surface area contributed by atoms with Crippen molar-refractivity contribution in [3.8, 4) is 0 Å². The zero-order chi connectivity index (χ0) is 10.0. The zero-order valence-corrected chi connectivity index (χ0v) is 9.17. The molecule has 0 aromatic rings. The van der Waals surface area contributed by atoms with Crippen LogP contribution in [0.3, 0.4) is 0 Å². The summed E-state index contributed by atoms with van der Waals surface area (Å²) in [6, 6.07) is 0.383. The number of likely N-dealkylation sites (tertiary alicyclic amines) is 1. The predicted octanol–water partition coefficient (Wildman–Crippen LogP) is 0.979. The quantitative estimate of drug-likeness (QED) is 0.719. The van der Waals surface area contributed by atoms with E-state index in [0.29, 0.717) is 6.04 Å². The van der Waals surface area contributed by atoms with E-state index in [2.05, 4.69) is 11.8 Å². The molecule has 2 rings (SSSR count). The molecule has 2 unspecified atom stereocenters. The van der Waals surface area contributed by atoms with Gasteiger partial charge in [0.1, 0.15) is 0 Å². The lowest BCUT2D eigenvalue weighted by Gasteiger charge is -2.36. The molecule has 3 nitrogen and oxygen atoms in total. The second kappa shape index (κ2) is 4.17. The van der Waals surface area contributed by atoms with Crippen LogP contribution in [0, 0.1) is 0 Å².